The van der Waals surface area contributed by atoms with Crippen molar-refractivity contribution in [2.75, 3.05) is 0 Å². The number of carbonyl (C=O) groups is 2. The third-order valence-electron chi connectivity index (χ3n) is 4.83. The molecule has 35 heavy (non-hydrogen) atoms. The van der Waals surface area contributed by atoms with E-state index in [2.05, 4.69) is 0 Å². The largest absolute Gasteiger partial charge is 0.379 e. The molecule has 2 amide bonds. The van der Waals surface area contributed by atoms with Crippen LogP contribution >= 0.6 is 11.8 Å². The topological polar surface area (TPSA) is 124 Å². The number of halogens is 1. The van der Waals surface area contributed by atoms with Crippen LogP contribution in [0.15, 0.2) is 82.6 Å². The first kappa shape index (κ1) is 24.1. The standard InChI is InChI=1S/C23H15FN2O7S2/c24-17-8-4-16(5-9-17)14-25-22(27)21(34-23(25)28)12-15-6-10-19(11-7-15)33-35(31,32)20-3-1-2-18(13-20)26(29)30/h1-13H,14H2/b21-12-. The fourth-order valence-corrected chi connectivity index (χ4v) is 4.92. The molecule has 178 valence electrons. The van der Waals surface area contributed by atoms with Gasteiger partial charge in [-0.2, -0.15) is 8.42 Å². The third-order valence-corrected chi connectivity index (χ3v) is 6.98. The molecule has 0 atom stereocenters. The van der Waals surface area contributed by atoms with Crippen molar-refractivity contribution in [3.8, 4) is 5.75 Å². The Balaban J connectivity index is 1.47. The second-order valence-electron chi connectivity index (χ2n) is 7.26. The monoisotopic (exact) mass is 514 g/mol. The summed E-state index contributed by atoms with van der Waals surface area (Å²) in [5.74, 6) is -0.968. The van der Waals surface area contributed by atoms with Gasteiger partial charge < -0.3 is 4.18 Å². The highest BCUT2D eigenvalue weighted by Gasteiger charge is 2.35. The maximum atomic E-state index is 13.1. The lowest BCUT2D eigenvalue weighted by Gasteiger charge is -2.12. The SMILES string of the molecule is O=C1S/C(=C\c2ccc(OS(=O)(=O)c3cccc([N+](=O)[O-])c3)cc2)C(=O)N1Cc1ccc(F)cc1. The van der Waals surface area contributed by atoms with E-state index in [1.54, 1.807) is 0 Å². The normalized spacial score (nSPS) is 15.0. The van der Waals surface area contributed by atoms with Crippen LogP contribution in [-0.2, 0) is 21.5 Å². The van der Waals surface area contributed by atoms with Gasteiger partial charge in [-0.3, -0.25) is 24.6 Å². The Hall–Kier alpha value is -4.03. The fraction of sp³-hybridized carbons (Fsp3) is 0.0435. The van der Waals surface area contributed by atoms with Crippen molar-refractivity contribution in [3.05, 3.63) is 105 Å². The van der Waals surface area contributed by atoms with E-state index in [1.807, 2.05) is 0 Å². The molecule has 0 unspecified atom stereocenters. The number of nitro benzene ring substituents is 1. The van der Waals surface area contributed by atoms with Crippen LogP contribution in [0.5, 0.6) is 5.75 Å². The summed E-state index contributed by atoms with van der Waals surface area (Å²) in [5.41, 5.74) is 0.720. The second-order valence-corrected chi connectivity index (χ2v) is 9.79. The Morgan fingerprint density at radius 2 is 1.71 bits per heavy atom. The van der Waals surface area contributed by atoms with E-state index in [-0.39, 0.29) is 22.1 Å². The molecule has 0 N–H and O–H groups in total. The average molecular weight is 515 g/mol. The van der Waals surface area contributed by atoms with Crippen LogP contribution < -0.4 is 4.18 Å². The van der Waals surface area contributed by atoms with Gasteiger partial charge in [-0.15, -0.1) is 0 Å². The lowest BCUT2D eigenvalue weighted by molar-refractivity contribution is -0.385. The number of nitrogens with zero attached hydrogens (tertiary/aromatic N) is 2. The molecule has 0 radical (unpaired) electrons. The molecule has 1 aliphatic rings. The van der Waals surface area contributed by atoms with Crippen LogP contribution in [-0.4, -0.2) is 29.4 Å². The summed E-state index contributed by atoms with van der Waals surface area (Å²) < 4.78 is 43.0. The average Bonchev–Trinajstić information content (AvgIpc) is 3.09. The summed E-state index contributed by atoms with van der Waals surface area (Å²) in [6, 6.07) is 15.6. The highest BCUT2D eigenvalue weighted by Crippen LogP contribution is 2.33. The van der Waals surface area contributed by atoms with E-state index in [1.165, 1.54) is 66.7 Å². The molecule has 1 saturated heterocycles. The number of hydrogen-bond donors (Lipinski definition) is 0. The number of non-ortho nitro benzene ring substituents is 1. The van der Waals surface area contributed by atoms with E-state index >= 15 is 0 Å². The van der Waals surface area contributed by atoms with Crippen molar-refractivity contribution in [1.82, 2.24) is 4.90 Å². The van der Waals surface area contributed by atoms with Gasteiger partial charge in [0.25, 0.3) is 16.8 Å². The summed E-state index contributed by atoms with van der Waals surface area (Å²) in [6.45, 7) is 0.00454. The van der Waals surface area contributed by atoms with Crippen LogP contribution in [0.1, 0.15) is 11.1 Å². The highest BCUT2D eigenvalue weighted by molar-refractivity contribution is 8.18. The van der Waals surface area contributed by atoms with Crippen LogP contribution in [0.3, 0.4) is 0 Å². The molecule has 9 nitrogen and oxygen atoms in total. The van der Waals surface area contributed by atoms with Crippen molar-refractivity contribution < 1.29 is 31.5 Å². The van der Waals surface area contributed by atoms with Crippen LogP contribution in [0.2, 0.25) is 0 Å². The zero-order valence-electron chi connectivity index (χ0n) is 17.7. The zero-order valence-corrected chi connectivity index (χ0v) is 19.3. The van der Waals surface area contributed by atoms with E-state index in [0.717, 1.165) is 28.8 Å². The van der Waals surface area contributed by atoms with Crippen LogP contribution in [0, 0.1) is 15.9 Å². The van der Waals surface area contributed by atoms with E-state index in [9.17, 15) is 32.5 Å². The first-order valence-electron chi connectivity index (χ1n) is 9.91. The van der Waals surface area contributed by atoms with Gasteiger partial charge in [-0.1, -0.05) is 30.3 Å². The molecule has 1 heterocycles. The first-order valence-corrected chi connectivity index (χ1v) is 12.1. The summed E-state index contributed by atoms with van der Waals surface area (Å²) in [6.07, 6.45) is 1.48. The molecule has 3 aromatic rings. The molecule has 0 aromatic heterocycles. The fourth-order valence-electron chi connectivity index (χ4n) is 3.11. The second kappa shape index (κ2) is 9.68. The molecule has 0 bridgehead atoms. The van der Waals surface area contributed by atoms with Gasteiger partial charge in [0.05, 0.1) is 16.4 Å². The van der Waals surface area contributed by atoms with Gasteiger partial charge in [-0.05, 0) is 59.3 Å². The number of benzene rings is 3. The molecule has 0 spiro atoms. The van der Waals surface area contributed by atoms with E-state index in [4.69, 9.17) is 4.18 Å². The maximum absolute atomic E-state index is 13.1. The predicted octanol–water partition coefficient (Wildman–Crippen LogP) is 4.74. The first-order chi connectivity index (χ1) is 16.6. The number of nitro groups is 1. The summed E-state index contributed by atoms with van der Waals surface area (Å²) in [4.78, 5) is 36.0. The molecule has 12 heteroatoms. The summed E-state index contributed by atoms with van der Waals surface area (Å²) in [7, 11) is -4.31. The lowest BCUT2D eigenvalue weighted by Crippen LogP contribution is -2.27. The van der Waals surface area contributed by atoms with Gasteiger partial charge in [0, 0.05) is 12.1 Å². The Morgan fingerprint density at radius 1 is 1.03 bits per heavy atom. The molecule has 1 fully saturated rings. The number of imide groups is 1. The highest BCUT2D eigenvalue weighted by atomic mass is 32.2. The molecule has 4 rings (SSSR count). The number of rotatable bonds is 7. The maximum Gasteiger partial charge on any atom is 0.339 e. The molecule has 1 aliphatic heterocycles. The Labute approximate surface area is 203 Å². The van der Waals surface area contributed by atoms with Gasteiger partial charge in [0.1, 0.15) is 16.5 Å². The number of thioether (sulfide) groups is 1. The van der Waals surface area contributed by atoms with Crippen molar-refractivity contribution >= 4 is 44.8 Å². The smallest absolute Gasteiger partial charge is 0.339 e. The van der Waals surface area contributed by atoms with Gasteiger partial charge in [0.2, 0.25) is 0 Å². The molecule has 3 aromatic carbocycles. The Kier molecular flexibility index (Phi) is 6.67. The molecular weight excluding hydrogens is 499 g/mol. The Morgan fingerprint density at radius 3 is 2.37 bits per heavy atom. The minimum atomic E-state index is -4.31. The zero-order chi connectivity index (χ0) is 25.2. The van der Waals surface area contributed by atoms with E-state index < -0.39 is 37.7 Å². The third kappa shape index (κ3) is 5.55. The molecule has 0 aliphatic carbocycles. The number of hydrogen-bond acceptors (Lipinski definition) is 8. The van der Waals surface area contributed by atoms with Crippen LogP contribution in [0.4, 0.5) is 14.9 Å². The van der Waals surface area contributed by atoms with Gasteiger partial charge >= 0.3 is 10.1 Å². The minimum Gasteiger partial charge on any atom is -0.379 e. The lowest BCUT2D eigenvalue weighted by atomic mass is 10.2. The predicted molar refractivity (Wildman–Crippen MR) is 125 cm³/mol. The van der Waals surface area contributed by atoms with Crippen molar-refractivity contribution in [2.24, 2.45) is 0 Å². The number of carbonyl (C=O) groups excluding carboxylic acids is 2. The Bertz CT molecular complexity index is 1450. The van der Waals surface area contributed by atoms with Crippen LogP contribution in [0.25, 0.3) is 6.08 Å². The van der Waals surface area contributed by atoms with Crippen molar-refractivity contribution in [2.45, 2.75) is 11.4 Å². The quantitative estimate of drug-likeness (QED) is 0.192. The van der Waals surface area contributed by atoms with Gasteiger partial charge in [0.15, 0.2) is 0 Å². The number of amides is 2. The van der Waals surface area contributed by atoms with Crippen molar-refractivity contribution in [3.63, 3.8) is 0 Å². The molecule has 0 saturated carbocycles. The minimum absolute atomic E-state index is 0.00454. The van der Waals surface area contributed by atoms with Crippen molar-refractivity contribution in [1.29, 1.82) is 0 Å². The summed E-state index contributed by atoms with van der Waals surface area (Å²) >= 11 is 0.756. The van der Waals surface area contributed by atoms with Gasteiger partial charge in [-0.25, -0.2) is 4.39 Å². The van der Waals surface area contributed by atoms with E-state index in [0.29, 0.717) is 11.1 Å². The molecular formula is C23H15FN2O7S2. The summed E-state index contributed by atoms with van der Waals surface area (Å²) in [5, 5.41) is 10.4.